The summed E-state index contributed by atoms with van der Waals surface area (Å²) >= 11 is 0. The number of nitrogens with one attached hydrogen (secondary N) is 2. The van der Waals surface area contributed by atoms with Crippen molar-refractivity contribution in [3.05, 3.63) is 0 Å². The van der Waals surface area contributed by atoms with Gasteiger partial charge in [-0.2, -0.15) is 0 Å². The van der Waals surface area contributed by atoms with E-state index in [9.17, 15) is 4.79 Å². The number of ether oxygens (including phenoxy) is 1. The van der Waals surface area contributed by atoms with Gasteiger partial charge in [0.1, 0.15) is 5.60 Å². The van der Waals surface area contributed by atoms with Crippen molar-refractivity contribution in [3.8, 4) is 0 Å². The van der Waals surface area contributed by atoms with Crippen molar-refractivity contribution in [2.75, 3.05) is 20.1 Å². The maximum absolute atomic E-state index is 11.6. The molecular formula is C17H33N3O2. The fourth-order valence-electron chi connectivity index (χ4n) is 3.68. The van der Waals surface area contributed by atoms with E-state index < -0.39 is 5.60 Å². The topological polar surface area (TPSA) is 53.6 Å². The normalized spacial score (nSPS) is 30.1. The molecule has 2 bridgehead atoms. The average Bonchev–Trinajstić information content (AvgIpc) is 2.63. The highest BCUT2D eigenvalue weighted by Gasteiger charge is 2.38. The highest BCUT2D eigenvalue weighted by atomic mass is 16.6. The Labute approximate surface area is 135 Å². The second-order valence-corrected chi connectivity index (χ2v) is 8.08. The number of carbonyl (C=O) groups excluding carboxylic acids is 1. The Bertz CT molecular complexity index is 367. The molecule has 2 aliphatic heterocycles. The van der Waals surface area contributed by atoms with Gasteiger partial charge in [-0.25, -0.2) is 4.79 Å². The molecule has 2 saturated heterocycles. The summed E-state index contributed by atoms with van der Waals surface area (Å²) in [6.07, 6.45) is 5.03. The van der Waals surface area contributed by atoms with E-state index in [-0.39, 0.29) is 12.1 Å². The largest absolute Gasteiger partial charge is 0.444 e. The molecule has 2 fully saturated rings. The zero-order chi connectivity index (χ0) is 16.3. The molecule has 0 spiro atoms. The minimum absolute atomic E-state index is 0.268. The number of rotatable bonds is 5. The Balaban J connectivity index is 1.62. The molecule has 2 N–H and O–H groups in total. The van der Waals surface area contributed by atoms with Crippen LogP contribution in [0.2, 0.25) is 0 Å². The zero-order valence-corrected chi connectivity index (χ0v) is 14.8. The summed E-state index contributed by atoms with van der Waals surface area (Å²) in [5.41, 5.74) is -0.436. The predicted octanol–water partition coefficient (Wildman–Crippen LogP) is 2.36. The van der Waals surface area contributed by atoms with Gasteiger partial charge in [0.05, 0.1) is 0 Å². The maximum Gasteiger partial charge on any atom is 0.407 e. The van der Waals surface area contributed by atoms with Crippen LogP contribution in [0.4, 0.5) is 4.79 Å². The lowest BCUT2D eigenvalue weighted by atomic mass is 9.91. The monoisotopic (exact) mass is 311 g/mol. The van der Waals surface area contributed by atoms with Crippen molar-refractivity contribution in [2.24, 2.45) is 5.92 Å². The second kappa shape index (κ2) is 7.18. The number of hydrogen-bond acceptors (Lipinski definition) is 4. The van der Waals surface area contributed by atoms with Crippen LogP contribution in [-0.2, 0) is 4.74 Å². The van der Waals surface area contributed by atoms with Gasteiger partial charge in [-0.15, -0.1) is 0 Å². The number of fused-ring (bicyclic) bond motifs is 2. The van der Waals surface area contributed by atoms with E-state index in [1.807, 2.05) is 20.8 Å². The van der Waals surface area contributed by atoms with Crippen LogP contribution in [0.3, 0.4) is 0 Å². The minimum Gasteiger partial charge on any atom is -0.444 e. The summed E-state index contributed by atoms with van der Waals surface area (Å²) in [5.74, 6) is 0.776. The molecule has 0 saturated carbocycles. The van der Waals surface area contributed by atoms with Gasteiger partial charge in [0, 0.05) is 24.7 Å². The molecule has 2 aliphatic rings. The van der Waals surface area contributed by atoms with E-state index in [4.69, 9.17) is 4.74 Å². The lowest BCUT2D eigenvalue weighted by Crippen LogP contribution is -2.46. The lowest BCUT2D eigenvalue weighted by molar-refractivity contribution is 0.0522. The number of nitrogens with zero attached hydrogens (tertiary/aromatic N) is 1. The van der Waals surface area contributed by atoms with Gasteiger partial charge in [-0.05, 0) is 72.9 Å². The first kappa shape index (κ1) is 17.5. The van der Waals surface area contributed by atoms with Crippen molar-refractivity contribution >= 4 is 6.09 Å². The fraction of sp³-hybridized carbons (Fsp3) is 0.941. The van der Waals surface area contributed by atoms with E-state index in [0.717, 1.165) is 24.5 Å². The third-order valence-corrected chi connectivity index (χ3v) is 4.90. The highest BCUT2D eigenvalue weighted by Crippen LogP contribution is 2.36. The van der Waals surface area contributed by atoms with Gasteiger partial charge in [0.2, 0.25) is 0 Å². The number of hydrogen-bond donors (Lipinski definition) is 2. The molecule has 3 atom stereocenters. The van der Waals surface area contributed by atoms with Crippen molar-refractivity contribution in [2.45, 2.75) is 77.1 Å². The molecule has 128 valence electrons. The fourth-order valence-corrected chi connectivity index (χ4v) is 3.68. The molecule has 5 nitrogen and oxygen atoms in total. The first-order valence-electron chi connectivity index (χ1n) is 8.67. The Morgan fingerprint density at radius 3 is 2.41 bits per heavy atom. The molecule has 2 heterocycles. The van der Waals surface area contributed by atoms with Crippen LogP contribution in [0.15, 0.2) is 0 Å². The van der Waals surface area contributed by atoms with Crippen LogP contribution in [0.25, 0.3) is 0 Å². The van der Waals surface area contributed by atoms with Crippen molar-refractivity contribution < 1.29 is 9.53 Å². The van der Waals surface area contributed by atoms with Gasteiger partial charge < -0.3 is 20.3 Å². The van der Waals surface area contributed by atoms with Gasteiger partial charge in [0.15, 0.2) is 0 Å². The molecular weight excluding hydrogens is 278 g/mol. The third kappa shape index (κ3) is 5.13. The molecule has 3 unspecified atom stereocenters. The van der Waals surface area contributed by atoms with Crippen molar-refractivity contribution in [3.63, 3.8) is 0 Å². The number of carbonyl (C=O) groups is 1. The molecule has 22 heavy (non-hydrogen) atoms. The zero-order valence-electron chi connectivity index (χ0n) is 14.8. The quantitative estimate of drug-likeness (QED) is 0.818. The van der Waals surface area contributed by atoms with Crippen LogP contribution in [0.1, 0.15) is 53.4 Å². The lowest BCUT2D eigenvalue weighted by Gasteiger charge is -2.36. The minimum atomic E-state index is -0.436. The molecule has 0 aromatic carbocycles. The van der Waals surface area contributed by atoms with Gasteiger partial charge in [0.25, 0.3) is 0 Å². The Kier molecular flexibility index (Phi) is 5.72. The summed E-state index contributed by atoms with van der Waals surface area (Å²) in [4.78, 5) is 14.2. The van der Waals surface area contributed by atoms with Crippen LogP contribution < -0.4 is 10.6 Å². The molecule has 0 aromatic rings. The summed E-state index contributed by atoms with van der Waals surface area (Å²) in [7, 11) is 2.28. The summed E-state index contributed by atoms with van der Waals surface area (Å²) in [5, 5.41) is 6.40. The first-order valence-corrected chi connectivity index (χ1v) is 8.67. The number of alkyl carbamates (subject to hydrolysis) is 1. The molecule has 1 amide bonds. The summed E-state index contributed by atoms with van der Waals surface area (Å²) in [6, 6.07) is 1.85. The van der Waals surface area contributed by atoms with Crippen molar-refractivity contribution in [1.29, 1.82) is 0 Å². The second-order valence-electron chi connectivity index (χ2n) is 8.08. The Hall–Kier alpha value is -0.810. The van der Waals surface area contributed by atoms with E-state index in [1.165, 1.54) is 25.7 Å². The molecule has 0 radical (unpaired) electrons. The summed E-state index contributed by atoms with van der Waals surface area (Å²) in [6.45, 7) is 9.40. The first-order chi connectivity index (χ1) is 10.2. The smallest absolute Gasteiger partial charge is 0.407 e. The maximum atomic E-state index is 11.6. The highest BCUT2D eigenvalue weighted by molar-refractivity contribution is 5.67. The molecule has 5 heteroatoms. The van der Waals surface area contributed by atoms with Crippen LogP contribution >= 0.6 is 0 Å². The molecule has 0 aromatic heterocycles. The van der Waals surface area contributed by atoms with Crippen LogP contribution in [0.5, 0.6) is 0 Å². The number of piperidine rings is 1. The molecule has 0 aliphatic carbocycles. The van der Waals surface area contributed by atoms with Crippen LogP contribution in [0, 0.1) is 5.92 Å². The van der Waals surface area contributed by atoms with Crippen LogP contribution in [-0.4, -0.2) is 54.9 Å². The molecule has 2 rings (SSSR count). The SMILES string of the molecule is CC(CNC(=O)OC(C)(C)C)NCC1CC2CCC(C1)N2C. The third-order valence-electron chi connectivity index (χ3n) is 4.90. The predicted molar refractivity (Wildman–Crippen MR) is 89.0 cm³/mol. The van der Waals surface area contributed by atoms with E-state index >= 15 is 0 Å². The van der Waals surface area contributed by atoms with Gasteiger partial charge in [-0.1, -0.05) is 0 Å². The Morgan fingerprint density at radius 2 is 1.86 bits per heavy atom. The van der Waals surface area contributed by atoms with E-state index in [0.29, 0.717) is 6.54 Å². The number of amides is 1. The summed E-state index contributed by atoms with van der Waals surface area (Å²) < 4.78 is 5.25. The van der Waals surface area contributed by atoms with E-state index in [2.05, 4.69) is 29.5 Å². The Morgan fingerprint density at radius 1 is 1.27 bits per heavy atom. The average molecular weight is 311 g/mol. The van der Waals surface area contributed by atoms with Gasteiger partial charge in [-0.3, -0.25) is 0 Å². The standard InChI is InChI=1S/C17H33N3O2/c1-12(10-19-16(21)22-17(2,3)4)18-11-13-8-14-6-7-15(9-13)20(14)5/h12-15,18H,6-11H2,1-5H3,(H,19,21). The van der Waals surface area contributed by atoms with Crippen molar-refractivity contribution in [1.82, 2.24) is 15.5 Å². The van der Waals surface area contributed by atoms with E-state index in [1.54, 1.807) is 0 Å². The van der Waals surface area contributed by atoms with Gasteiger partial charge >= 0.3 is 6.09 Å².